The number of carbonyl (C=O) groups excluding carboxylic acids is 2. The van der Waals surface area contributed by atoms with Gasteiger partial charge in [0.15, 0.2) is 0 Å². The second-order valence-electron chi connectivity index (χ2n) is 8.80. The molecule has 6 heteroatoms. The van der Waals surface area contributed by atoms with E-state index in [1.54, 1.807) is 40.1 Å². The van der Waals surface area contributed by atoms with Gasteiger partial charge in [-0.05, 0) is 61.4 Å². The van der Waals surface area contributed by atoms with Crippen molar-refractivity contribution in [3.63, 3.8) is 0 Å². The SMILES string of the molecule is CC1CC(N(C(=O)c2ccccc2Cl)c2ccccc2)c2ccccc2N1C(=O)c1ccccc1Cl. The number of benzene rings is 4. The molecule has 0 aromatic heterocycles. The quantitative estimate of drug-likeness (QED) is 0.278. The van der Waals surface area contributed by atoms with Crippen LogP contribution in [-0.2, 0) is 0 Å². The van der Waals surface area contributed by atoms with Crippen LogP contribution in [0.15, 0.2) is 103 Å². The molecule has 2 unspecified atom stereocenters. The minimum absolute atomic E-state index is 0.164. The molecule has 0 N–H and O–H groups in total. The van der Waals surface area contributed by atoms with Crippen LogP contribution in [0.1, 0.15) is 45.7 Å². The molecule has 0 aliphatic carbocycles. The summed E-state index contributed by atoms with van der Waals surface area (Å²) in [5.74, 6) is -0.354. The molecule has 1 aliphatic heterocycles. The summed E-state index contributed by atoms with van der Waals surface area (Å²) in [7, 11) is 0. The van der Waals surface area contributed by atoms with Crippen molar-refractivity contribution < 1.29 is 9.59 Å². The zero-order valence-corrected chi connectivity index (χ0v) is 21.2. The van der Waals surface area contributed by atoms with Gasteiger partial charge in [0.1, 0.15) is 0 Å². The summed E-state index contributed by atoms with van der Waals surface area (Å²) in [4.78, 5) is 31.3. The first-order valence-corrected chi connectivity index (χ1v) is 12.5. The number of hydrogen-bond acceptors (Lipinski definition) is 2. The summed E-state index contributed by atoms with van der Waals surface area (Å²) in [6.07, 6.45) is 0.540. The molecule has 0 saturated heterocycles. The van der Waals surface area contributed by atoms with E-state index in [0.29, 0.717) is 27.6 Å². The predicted octanol–water partition coefficient (Wildman–Crippen LogP) is 7.82. The third-order valence-corrected chi connectivity index (χ3v) is 7.21. The van der Waals surface area contributed by atoms with Crippen LogP contribution in [0.3, 0.4) is 0 Å². The van der Waals surface area contributed by atoms with Gasteiger partial charge in [-0.3, -0.25) is 9.59 Å². The first-order valence-electron chi connectivity index (χ1n) is 11.8. The van der Waals surface area contributed by atoms with E-state index < -0.39 is 0 Å². The summed E-state index contributed by atoms with van der Waals surface area (Å²) in [6, 6.07) is 31.0. The van der Waals surface area contributed by atoms with Crippen LogP contribution in [0.2, 0.25) is 10.0 Å². The van der Waals surface area contributed by atoms with E-state index in [4.69, 9.17) is 23.2 Å². The smallest absolute Gasteiger partial charge is 0.260 e. The van der Waals surface area contributed by atoms with Crippen molar-refractivity contribution in [2.24, 2.45) is 0 Å². The molecule has 4 nitrogen and oxygen atoms in total. The van der Waals surface area contributed by atoms with E-state index >= 15 is 0 Å². The summed E-state index contributed by atoms with van der Waals surface area (Å²) in [6.45, 7) is 2.00. The van der Waals surface area contributed by atoms with Crippen molar-refractivity contribution >= 4 is 46.4 Å². The molecule has 1 aliphatic rings. The molecule has 2 amide bonds. The fourth-order valence-corrected chi connectivity index (χ4v) is 5.32. The second-order valence-corrected chi connectivity index (χ2v) is 9.62. The van der Waals surface area contributed by atoms with Crippen LogP contribution in [-0.4, -0.2) is 17.9 Å². The minimum Gasteiger partial charge on any atom is -0.305 e. The Kier molecular flexibility index (Phi) is 6.82. The second kappa shape index (κ2) is 10.2. The average Bonchev–Trinajstić information content (AvgIpc) is 2.89. The summed E-state index contributed by atoms with van der Waals surface area (Å²) in [5, 5.41) is 0.810. The van der Waals surface area contributed by atoms with Gasteiger partial charge in [0.2, 0.25) is 0 Å². The molecule has 0 fully saturated rings. The third-order valence-electron chi connectivity index (χ3n) is 6.55. The van der Waals surface area contributed by atoms with Gasteiger partial charge in [0.25, 0.3) is 11.8 Å². The Morgan fingerprint density at radius 1 is 0.750 bits per heavy atom. The van der Waals surface area contributed by atoms with Crippen LogP contribution in [0.5, 0.6) is 0 Å². The van der Waals surface area contributed by atoms with Crippen LogP contribution < -0.4 is 9.80 Å². The van der Waals surface area contributed by atoms with Crippen molar-refractivity contribution in [1.82, 2.24) is 0 Å². The fourth-order valence-electron chi connectivity index (χ4n) is 4.89. The molecule has 180 valence electrons. The van der Waals surface area contributed by atoms with Gasteiger partial charge < -0.3 is 9.80 Å². The van der Waals surface area contributed by atoms with Crippen molar-refractivity contribution in [3.8, 4) is 0 Å². The summed E-state index contributed by atoms with van der Waals surface area (Å²) < 4.78 is 0. The zero-order chi connectivity index (χ0) is 25.2. The van der Waals surface area contributed by atoms with Gasteiger partial charge in [-0.2, -0.15) is 0 Å². The molecular weight excluding hydrogens is 491 g/mol. The number of hydrogen-bond donors (Lipinski definition) is 0. The fraction of sp³-hybridized carbons (Fsp3) is 0.133. The van der Waals surface area contributed by atoms with E-state index in [1.165, 1.54) is 0 Å². The topological polar surface area (TPSA) is 40.6 Å². The number of carbonyl (C=O) groups is 2. The lowest BCUT2D eigenvalue weighted by Gasteiger charge is -2.43. The van der Waals surface area contributed by atoms with Crippen LogP contribution >= 0.6 is 23.2 Å². The van der Waals surface area contributed by atoms with Crippen molar-refractivity contribution in [2.75, 3.05) is 9.80 Å². The Morgan fingerprint density at radius 3 is 1.97 bits per heavy atom. The molecule has 0 radical (unpaired) electrons. The highest BCUT2D eigenvalue weighted by Gasteiger charge is 2.39. The summed E-state index contributed by atoms with van der Waals surface area (Å²) >= 11 is 12.8. The highest BCUT2D eigenvalue weighted by molar-refractivity contribution is 6.35. The van der Waals surface area contributed by atoms with E-state index in [2.05, 4.69) is 0 Å². The number of amides is 2. The number of para-hydroxylation sites is 2. The lowest BCUT2D eigenvalue weighted by molar-refractivity contribution is 0.0966. The van der Waals surface area contributed by atoms with Crippen molar-refractivity contribution in [2.45, 2.75) is 25.4 Å². The molecule has 0 spiro atoms. The monoisotopic (exact) mass is 514 g/mol. The lowest BCUT2D eigenvalue weighted by atomic mass is 9.89. The maximum Gasteiger partial charge on any atom is 0.260 e. The van der Waals surface area contributed by atoms with Crippen molar-refractivity contribution in [3.05, 3.63) is 130 Å². The average molecular weight is 515 g/mol. The zero-order valence-electron chi connectivity index (χ0n) is 19.6. The van der Waals surface area contributed by atoms with E-state index in [-0.39, 0.29) is 23.9 Å². The van der Waals surface area contributed by atoms with Gasteiger partial charge in [-0.1, -0.05) is 83.9 Å². The first kappa shape index (κ1) is 24.1. The van der Waals surface area contributed by atoms with E-state index in [1.807, 2.05) is 79.7 Å². The van der Waals surface area contributed by atoms with Gasteiger partial charge in [-0.15, -0.1) is 0 Å². The maximum atomic E-state index is 14.0. The molecule has 2 atom stereocenters. The van der Waals surface area contributed by atoms with Crippen LogP contribution in [0, 0.1) is 0 Å². The molecule has 36 heavy (non-hydrogen) atoms. The van der Waals surface area contributed by atoms with Crippen LogP contribution in [0.4, 0.5) is 11.4 Å². The molecule has 4 aromatic carbocycles. The molecular formula is C30H24Cl2N2O2. The Hall–Kier alpha value is -3.60. The maximum absolute atomic E-state index is 14.0. The molecule has 4 aromatic rings. The largest absolute Gasteiger partial charge is 0.305 e. The van der Waals surface area contributed by atoms with E-state index in [9.17, 15) is 9.59 Å². The molecule has 0 bridgehead atoms. The predicted molar refractivity (Wildman–Crippen MR) is 146 cm³/mol. The normalized spacial score (nSPS) is 16.8. The number of anilines is 2. The van der Waals surface area contributed by atoms with Gasteiger partial charge >= 0.3 is 0 Å². The Bertz CT molecular complexity index is 1420. The molecule has 1 heterocycles. The standard InChI is InChI=1S/C30H24Cl2N2O2/c1-20-19-28(34(21-11-3-2-4-12-21)30(36)23-14-6-9-17-26(23)32)24-15-7-10-18-27(24)33(20)29(35)22-13-5-8-16-25(22)31/h2-18,20,28H,19H2,1H3. The van der Waals surface area contributed by atoms with E-state index in [0.717, 1.165) is 16.9 Å². The highest BCUT2D eigenvalue weighted by atomic mass is 35.5. The van der Waals surface area contributed by atoms with Gasteiger partial charge in [-0.25, -0.2) is 0 Å². The minimum atomic E-state index is -0.308. The molecule has 0 saturated carbocycles. The van der Waals surface area contributed by atoms with Gasteiger partial charge in [0, 0.05) is 17.4 Å². The number of fused-ring (bicyclic) bond motifs is 1. The number of nitrogens with zero attached hydrogens (tertiary/aromatic N) is 2. The molecule has 5 rings (SSSR count). The Labute approximate surface area is 220 Å². The van der Waals surface area contributed by atoms with Gasteiger partial charge in [0.05, 0.1) is 27.2 Å². The Balaban J connectivity index is 1.63. The highest BCUT2D eigenvalue weighted by Crippen LogP contribution is 2.43. The van der Waals surface area contributed by atoms with Crippen LogP contribution in [0.25, 0.3) is 0 Å². The summed E-state index contributed by atoms with van der Waals surface area (Å²) in [5.41, 5.74) is 3.30. The number of rotatable bonds is 4. The number of halogens is 2. The first-order chi connectivity index (χ1) is 17.5. The lowest BCUT2D eigenvalue weighted by Crippen LogP contribution is -2.48. The van der Waals surface area contributed by atoms with Crippen molar-refractivity contribution in [1.29, 1.82) is 0 Å². The Morgan fingerprint density at radius 2 is 1.31 bits per heavy atom. The third kappa shape index (κ3) is 4.39.